The molecule has 1 aromatic carbocycles. The van der Waals surface area contributed by atoms with E-state index in [1.165, 1.54) is 5.56 Å². The third-order valence-electron chi connectivity index (χ3n) is 2.72. The lowest BCUT2D eigenvalue weighted by molar-refractivity contribution is -0.115. The molecule has 4 heteroatoms. The molecule has 0 unspecified atom stereocenters. The summed E-state index contributed by atoms with van der Waals surface area (Å²) in [6, 6.07) is 12.0. The standard InChI is InChI=1S/C15H16BrNOS/c16-8-2-5-12-4-1-6-13(10-12)17-15(18)11-14-7-3-9-19-14/h1,3-4,6-7,9-10H,2,5,8,11H2,(H,17,18). The number of hydrogen-bond acceptors (Lipinski definition) is 2. The molecule has 0 spiro atoms. The lowest BCUT2D eigenvalue weighted by Crippen LogP contribution is -2.13. The predicted octanol–water partition coefficient (Wildman–Crippen LogP) is 4.26. The Morgan fingerprint density at radius 3 is 2.89 bits per heavy atom. The maximum Gasteiger partial charge on any atom is 0.229 e. The molecule has 2 aromatic rings. The van der Waals surface area contributed by atoms with Crippen LogP contribution in [-0.2, 0) is 17.6 Å². The van der Waals surface area contributed by atoms with Crippen LogP contribution in [0.5, 0.6) is 0 Å². The molecule has 0 atom stereocenters. The second-order valence-electron chi connectivity index (χ2n) is 4.30. The van der Waals surface area contributed by atoms with Crippen molar-refractivity contribution in [1.29, 1.82) is 0 Å². The normalized spacial score (nSPS) is 10.4. The van der Waals surface area contributed by atoms with E-state index in [1.807, 2.05) is 29.6 Å². The summed E-state index contributed by atoms with van der Waals surface area (Å²) in [7, 11) is 0. The molecule has 1 aromatic heterocycles. The smallest absolute Gasteiger partial charge is 0.229 e. The van der Waals surface area contributed by atoms with Crippen molar-refractivity contribution >= 4 is 38.9 Å². The van der Waals surface area contributed by atoms with Crippen LogP contribution < -0.4 is 5.32 Å². The highest BCUT2D eigenvalue weighted by Gasteiger charge is 2.05. The summed E-state index contributed by atoms with van der Waals surface area (Å²) in [5.41, 5.74) is 2.14. The zero-order valence-corrected chi connectivity index (χ0v) is 13.0. The van der Waals surface area contributed by atoms with E-state index >= 15 is 0 Å². The predicted molar refractivity (Wildman–Crippen MR) is 85.2 cm³/mol. The number of rotatable bonds is 6. The molecule has 100 valence electrons. The van der Waals surface area contributed by atoms with Crippen LogP contribution in [0.3, 0.4) is 0 Å². The van der Waals surface area contributed by atoms with Crippen molar-refractivity contribution < 1.29 is 4.79 Å². The third-order valence-corrected chi connectivity index (χ3v) is 4.16. The first-order valence-electron chi connectivity index (χ1n) is 6.25. The fourth-order valence-electron chi connectivity index (χ4n) is 1.85. The largest absolute Gasteiger partial charge is 0.326 e. The van der Waals surface area contributed by atoms with Crippen LogP contribution in [0.1, 0.15) is 16.9 Å². The van der Waals surface area contributed by atoms with Gasteiger partial charge in [0.05, 0.1) is 6.42 Å². The molecule has 1 N–H and O–H groups in total. The molecule has 0 saturated carbocycles. The zero-order valence-electron chi connectivity index (χ0n) is 10.6. The van der Waals surface area contributed by atoms with Crippen molar-refractivity contribution in [3.8, 4) is 0 Å². The lowest BCUT2D eigenvalue weighted by Gasteiger charge is -2.06. The number of thiophene rings is 1. The van der Waals surface area contributed by atoms with Gasteiger partial charge in [-0.2, -0.15) is 0 Å². The summed E-state index contributed by atoms with van der Waals surface area (Å²) >= 11 is 5.04. The minimum atomic E-state index is 0.0418. The number of halogens is 1. The van der Waals surface area contributed by atoms with E-state index in [0.717, 1.165) is 28.7 Å². The number of amides is 1. The van der Waals surface area contributed by atoms with Gasteiger partial charge in [-0.25, -0.2) is 0 Å². The minimum absolute atomic E-state index is 0.0418. The second kappa shape index (κ2) is 7.46. The summed E-state index contributed by atoms with van der Waals surface area (Å²) in [5.74, 6) is 0.0418. The average molecular weight is 338 g/mol. The quantitative estimate of drug-likeness (QED) is 0.784. The molecule has 1 heterocycles. The fraction of sp³-hybridized carbons (Fsp3) is 0.267. The summed E-state index contributed by atoms with van der Waals surface area (Å²) in [5, 5.41) is 5.94. The number of nitrogens with one attached hydrogen (secondary N) is 1. The highest BCUT2D eigenvalue weighted by molar-refractivity contribution is 9.09. The monoisotopic (exact) mass is 337 g/mol. The Bertz CT molecular complexity index is 525. The molecular formula is C15H16BrNOS. The molecule has 0 aliphatic carbocycles. The van der Waals surface area contributed by atoms with Gasteiger partial charge in [0.2, 0.25) is 5.91 Å². The van der Waals surface area contributed by atoms with Crippen molar-refractivity contribution in [2.45, 2.75) is 19.3 Å². The molecule has 0 aliphatic heterocycles. The van der Waals surface area contributed by atoms with Gasteiger partial charge in [0, 0.05) is 15.9 Å². The van der Waals surface area contributed by atoms with Gasteiger partial charge in [-0.1, -0.05) is 34.1 Å². The molecule has 0 radical (unpaired) electrons. The van der Waals surface area contributed by atoms with Crippen molar-refractivity contribution in [2.24, 2.45) is 0 Å². The summed E-state index contributed by atoms with van der Waals surface area (Å²) < 4.78 is 0. The summed E-state index contributed by atoms with van der Waals surface area (Å²) in [6.07, 6.45) is 2.58. The Labute approximate surface area is 126 Å². The molecule has 0 bridgehead atoms. The number of benzene rings is 1. The maximum absolute atomic E-state index is 11.9. The van der Waals surface area contributed by atoms with Crippen LogP contribution in [0.2, 0.25) is 0 Å². The van der Waals surface area contributed by atoms with Crippen molar-refractivity contribution in [3.05, 3.63) is 52.2 Å². The zero-order chi connectivity index (χ0) is 13.5. The van der Waals surface area contributed by atoms with E-state index in [0.29, 0.717) is 6.42 Å². The van der Waals surface area contributed by atoms with Gasteiger partial charge in [0.1, 0.15) is 0 Å². The van der Waals surface area contributed by atoms with Crippen LogP contribution in [0.25, 0.3) is 0 Å². The molecule has 2 rings (SSSR count). The first-order chi connectivity index (χ1) is 9.28. The van der Waals surface area contributed by atoms with Crippen molar-refractivity contribution in [3.63, 3.8) is 0 Å². The number of hydrogen-bond donors (Lipinski definition) is 1. The van der Waals surface area contributed by atoms with Gasteiger partial charge >= 0.3 is 0 Å². The van der Waals surface area contributed by atoms with E-state index in [9.17, 15) is 4.79 Å². The number of carbonyl (C=O) groups excluding carboxylic acids is 1. The topological polar surface area (TPSA) is 29.1 Å². The first kappa shape index (κ1) is 14.3. The van der Waals surface area contributed by atoms with Gasteiger partial charge in [-0.05, 0) is 42.0 Å². The van der Waals surface area contributed by atoms with E-state index in [-0.39, 0.29) is 5.91 Å². The molecule has 0 saturated heterocycles. The summed E-state index contributed by atoms with van der Waals surface area (Å²) in [4.78, 5) is 13.0. The van der Waals surface area contributed by atoms with Gasteiger partial charge in [0.15, 0.2) is 0 Å². The van der Waals surface area contributed by atoms with Gasteiger partial charge in [0.25, 0.3) is 0 Å². The summed E-state index contributed by atoms with van der Waals surface area (Å²) in [6.45, 7) is 0. The number of aryl methyl sites for hydroxylation is 1. The lowest BCUT2D eigenvalue weighted by atomic mass is 10.1. The van der Waals surface area contributed by atoms with Crippen molar-refractivity contribution in [1.82, 2.24) is 0 Å². The van der Waals surface area contributed by atoms with Crippen LogP contribution in [-0.4, -0.2) is 11.2 Å². The van der Waals surface area contributed by atoms with Crippen LogP contribution in [0.15, 0.2) is 41.8 Å². The number of alkyl halides is 1. The second-order valence-corrected chi connectivity index (χ2v) is 6.12. The van der Waals surface area contributed by atoms with Gasteiger partial charge in [-0.3, -0.25) is 4.79 Å². The van der Waals surface area contributed by atoms with Gasteiger partial charge < -0.3 is 5.32 Å². The van der Waals surface area contributed by atoms with Crippen LogP contribution >= 0.6 is 27.3 Å². The van der Waals surface area contributed by atoms with Gasteiger partial charge in [-0.15, -0.1) is 11.3 Å². The van der Waals surface area contributed by atoms with Crippen molar-refractivity contribution in [2.75, 3.05) is 10.6 Å². The molecule has 2 nitrogen and oxygen atoms in total. The number of anilines is 1. The highest BCUT2D eigenvalue weighted by atomic mass is 79.9. The molecular weight excluding hydrogens is 322 g/mol. The molecule has 0 fully saturated rings. The Balaban J connectivity index is 1.92. The molecule has 1 amide bonds. The Hall–Kier alpha value is -1.13. The Kier molecular flexibility index (Phi) is 5.61. The first-order valence-corrected chi connectivity index (χ1v) is 8.25. The van der Waals surface area contributed by atoms with E-state index in [2.05, 4.69) is 33.4 Å². The van der Waals surface area contributed by atoms with E-state index < -0.39 is 0 Å². The third kappa shape index (κ3) is 4.80. The maximum atomic E-state index is 11.9. The van der Waals surface area contributed by atoms with Crippen LogP contribution in [0, 0.1) is 0 Å². The Morgan fingerprint density at radius 2 is 2.16 bits per heavy atom. The Morgan fingerprint density at radius 1 is 1.26 bits per heavy atom. The molecule has 19 heavy (non-hydrogen) atoms. The minimum Gasteiger partial charge on any atom is -0.326 e. The fourth-order valence-corrected chi connectivity index (χ4v) is 2.84. The SMILES string of the molecule is O=C(Cc1cccs1)Nc1cccc(CCCBr)c1. The average Bonchev–Trinajstić information content (AvgIpc) is 2.89. The number of carbonyl (C=O) groups is 1. The molecule has 0 aliphatic rings. The highest BCUT2D eigenvalue weighted by Crippen LogP contribution is 2.14. The van der Waals surface area contributed by atoms with Crippen LogP contribution in [0.4, 0.5) is 5.69 Å². The van der Waals surface area contributed by atoms with E-state index in [4.69, 9.17) is 0 Å². The van der Waals surface area contributed by atoms with E-state index in [1.54, 1.807) is 11.3 Å².